The molecule has 3 heteroatoms. The Morgan fingerprint density at radius 1 is 1.16 bits per heavy atom. The van der Waals surface area contributed by atoms with Crippen molar-refractivity contribution in [2.45, 2.75) is 19.8 Å². The maximum atomic E-state index is 9.42. The van der Waals surface area contributed by atoms with Crippen molar-refractivity contribution in [2.75, 3.05) is 18.0 Å². The molecule has 1 aromatic carbocycles. The van der Waals surface area contributed by atoms with E-state index in [0.717, 1.165) is 41.3 Å². The third kappa shape index (κ3) is 2.00. The molecule has 0 saturated carbocycles. The number of nitrogens with one attached hydrogen (secondary N) is 1. The van der Waals surface area contributed by atoms with Gasteiger partial charge in [-0.15, -0.1) is 0 Å². The Hall–Kier alpha value is -2.21. The van der Waals surface area contributed by atoms with Gasteiger partial charge in [-0.05, 0) is 30.9 Å². The van der Waals surface area contributed by atoms with Crippen molar-refractivity contribution >= 4 is 5.82 Å². The lowest BCUT2D eigenvalue weighted by Gasteiger charge is -2.15. The molecule has 1 fully saturated rings. The standard InChI is InChI=1S/C16H17N3/c1-12-14(11-17)16(19-9-5-6-10-19)18-15(12)13-7-3-2-4-8-13/h2-4,7-8,18H,5-6,9-10H2,1H3. The Kier molecular flexibility index (Phi) is 3.00. The Morgan fingerprint density at radius 3 is 2.47 bits per heavy atom. The number of aromatic amines is 1. The summed E-state index contributed by atoms with van der Waals surface area (Å²) in [4.78, 5) is 5.75. The van der Waals surface area contributed by atoms with Crippen LogP contribution in [0.2, 0.25) is 0 Å². The van der Waals surface area contributed by atoms with Crippen LogP contribution in [0.15, 0.2) is 30.3 Å². The van der Waals surface area contributed by atoms with Gasteiger partial charge < -0.3 is 9.88 Å². The number of nitriles is 1. The van der Waals surface area contributed by atoms with Crippen molar-refractivity contribution in [3.63, 3.8) is 0 Å². The molecule has 0 unspecified atom stereocenters. The second-order valence-electron chi connectivity index (χ2n) is 5.02. The predicted molar refractivity (Wildman–Crippen MR) is 77.1 cm³/mol. The summed E-state index contributed by atoms with van der Waals surface area (Å²) in [5.41, 5.74) is 4.05. The summed E-state index contributed by atoms with van der Waals surface area (Å²) in [6, 6.07) is 12.6. The largest absolute Gasteiger partial charge is 0.357 e. The van der Waals surface area contributed by atoms with Crippen LogP contribution in [0.4, 0.5) is 5.82 Å². The molecule has 1 aromatic heterocycles. The summed E-state index contributed by atoms with van der Waals surface area (Å²) >= 11 is 0. The fourth-order valence-corrected chi connectivity index (χ4v) is 2.79. The Balaban J connectivity index is 2.10. The smallest absolute Gasteiger partial charge is 0.124 e. The molecule has 0 amide bonds. The van der Waals surface area contributed by atoms with Crippen LogP contribution in [-0.4, -0.2) is 18.1 Å². The van der Waals surface area contributed by atoms with Gasteiger partial charge in [0.05, 0.1) is 11.3 Å². The van der Waals surface area contributed by atoms with E-state index in [0.29, 0.717) is 0 Å². The van der Waals surface area contributed by atoms with E-state index in [4.69, 9.17) is 0 Å². The molecule has 2 heterocycles. The molecule has 0 atom stereocenters. The number of hydrogen-bond donors (Lipinski definition) is 1. The molecular weight excluding hydrogens is 234 g/mol. The van der Waals surface area contributed by atoms with E-state index in [2.05, 4.69) is 28.1 Å². The Morgan fingerprint density at radius 2 is 1.84 bits per heavy atom. The second-order valence-corrected chi connectivity index (χ2v) is 5.02. The second kappa shape index (κ2) is 4.81. The van der Waals surface area contributed by atoms with E-state index in [9.17, 15) is 5.26 Å². The molecule has 0 spiro atoms. The van der Waals surface area contributed by atoms with Crippen LogP contribution in [0.1, 0.15) is 24.0 Å². The average molecular weight is 251 g/mol. The topological polar surface area (TPSA) is 42.8 Å². The van der Waals surface area contributed by atoms with Crippen LogP contribution in [0, 0.1) is 18.3 Å². The first-order valence-electron chi connectivity index (χ1n) is 6.74. The summed E-state index contributed by atoms with van der Waals surface area (Å²) in [7, 11) is 0. The van der Waals surface area contributed by atoms with Gasteiger partial charge in [-0.2, -0.15) is 5.26 Å². The minimum atomic E-state index is 0.792. The van der Waals surface area contributed by atoms with Gasteiger partial charge in [-0.1, -0.05) is 30.3 Å². The predicted octanol–water partition coefficient (Wildman–Crippen LogP) is 3.46. The average Bonchev–Trinajstić information content (AvgIpc) is 3.07. The zero-order valence-electron chi connectivity index (χ0n) is 11.1. The molecule has 1 saturated heterocycles. The van der Waals surface area contributed by atoms with Crippen molar-refractivity contribution in [3.8, 4) is 17.3 Å². The van der Waals surface area contributed by atoms with E-state index in [1.807, 2.05) is 25.1 Å². The first kappa shape index (κ1) is 11.9. The summed E-state index contributed by atoms with van der Waals surface area (Å²) in [6.07, 6.45) is 2.42. The van der Waals surface area contributed by atoms with E-state index in [-0.39, 0.29) is 0 Å². The minimum absolute atomic E-state index is 0.792. The van der Waals surface area contributed by atoms with Crippen molar-refractivity contribution < 1.29 is 0 Å². The number of aromatic nitrogens is 1. The fourth-order valence-electron chi connectivity index (χ4n) is 2.79. The van der Waals surface area contributed by atoms with Crippen LogP contribution in [0.5, 0.6) is 0 Å². The van der Waals surface area contributed by atoms with Gasteiger partial charge in [0.1, 0.15) is 11.9 Å². The molecule has 2 aromatic rings. The molecule has 0 aliphatic carbocycles. The zero-order chi connectivity index (χ0) is 13.2. The Bertz CT molecular complexity index is 613. The van der Waals surface area contributed by atoms with E-state index < -0.39 is 0 Å². The number of anilines is 1. The highest BCUT2D eigenvalue weighted by atomic mass is 15.2. The molecule has 3 nitrogen and oxygen atoms in total. The maximum Gasteiger partial charge on any atom is 0.124 e. The number of H-pyrrole nitrogens is 1. The van der Waals surface area contributed by atoms with Crippen LogP contribution < -0.4 is 4.90 Å². The first-order valence-corrected chi connectivity index (χ1v) is 6.74. The normalized spacial score (nSPS) is 14.6. The molecule has 1 aliphatic rings. The summed E-state index contributed by atoms with van der Waals surface area (Å²) in [5.74, 6) is 0.997. The van der Waals surface area contributed by atoms with E-state index in [1.165, 1.54) is 12.8 Å². The number of rotatable bonds is 2. The van der Waals surface area contributed by atoms with Crippen LogP contribution >= 0.6 is 0 Å². The Labute approximate surface area is 113 Å². The highest BCUT2D eigenvalue weighted by molar-refractivity contribution is 5.74. The molecule has 0 radical (unpaired) electrons. The van der Waals surface area contributed by atoms with Gasteiger partial charge in [0.15, 0.2) is 0 Å². The van der Waals surface area contributed by atoms with Crippen LogP contribution in [0.3, 0.4) is 0 Å². The van der Waals surface area contributed by atoms with Crippen molar-refractivity contribution in [1.82, 2.24) is 4.98 Å². The molecule has 1 aliphatic heterocycles. The highest BCUT2D eigenvalue weighted by Crippen LogP contribution is 2.33. The molecular formula is C16H17N3. The molecule has 0 bridgehead atoms. The summed E-state index contributed by atoms with van der Waals surface area (Å²) in [6.45, 7) is 4.11. The third-order valence-electron chi connectivity index (χ3n) is 3.83. The van der Waals surface area contributed by atoms with Crippen molar-refractivity contribution in [2.24, 2.45) is 0 Å². The van der Waals surface area contributed by atoms with Crippen molar-refractivity contribution in [1.29, 1.82) is 5.26 Å². The number of hydrogen-bond acceptors (Lipinski definition) is 2. The van der Waals surface area contributed by atoms with E-state index in [1.54, 1.807) is 0 Å². The molecule has 19 heavy (non-hydrogen) atoms. The van der Waals surface area contributed by atoms with Gasteiger partial charge in [-0.3, -0.25) is 0 Å². The first-order chi connectivity index (χ1) is 9.31. The van der Waals surface area contributed by atoms with Crippen LogP contribution in [0.25, 0.3) is 11.3 Å². The van der Waals surface area contributed by atoms with Gasteiger partial charge in [0, 0.05) is 13.1 Å². The molecule has 1 N–H and O–H groups in total. The third-order valence-corrected chi connectivity index (χ3v) is 3.83. The zero-order valence-corrected chi connectivity index (χ0v) is 11.1. The summed E-state index contributed by atoms with van der Waals surface area (Å²) in [5, 5.41) is 9.42. The van der Waals surface area contributed by atoms with Gasteiger partial charge in [0.25, 0.3) is 0 Å². The van der Waals surface area contributed by atoms with E-state index >= 15 is 0 Å². The minimum Gasteiger partial charge on any atom is -0.357 e. The molecule has 3 rings (SSSR count). The summed E-state index contributed by atoms with van der Waals surface area (Å²) < 4.78 is 0. The lowest BCUT2D eigenvalue weighted by atomic mass is 10.1. The lowest BCUT2D eigenvalue weighted by Crippen LogP contribution is -2.18. The van der Waals surface area contributed by atoms with Gasteiger partial charge >= 0.3 is 0 Å². The van der Waals surface area contributed by atoms with Gasteiger partial charge in [-0.25, -0.2) is 0 Å². The maximum absolute atomic E-state index is 9.42. The molecule has 96 valence electrons. The SMILES string of the molecule is Cc1c(-c2ccccc2)[nH]c(N2CCCC2)c1C#N. The fraction of sp³-hybridized carbons (Fsp3) is 0.312. The van der Waals surface area contributed by atoms with Crippen LogP contribution in [-0.2, 0) is 0 Å². The lowest BCUT2D eigenvalue weighted by molar-refractivity contribution is 0.944. The van der Waals surface area contributed by atoms with Crippen molar-refractivity contribution in [3.05, 3.63) is 41.5 Å². The monoisotopic (exact) mass is 251 g/mol. The number of benzene rings is 1. The number of nitrogens with zero attached hydrogens (tertiary/aromatic N) is 2. The van der Waals surface area contributed by atoms with Gasteiger partial charge in [0.2, 0.25) is 0 Å². The highest BCUT2D eigenvalue weighted by Gasteiger charge is 2.21. The quantitative estimate of drug-likeness (QED) is 0.888.